The Labute approximate surface area is 128 Å². The van der Waals surface area contributed by atoms with Crippen LogP contribution in [0.5, 0.6) is 0 Å². The van der Waals surface area contributed by atoms with Crippen LogP contribution >= 0.6 is 15.9 Å². The predicted molar refractivity (Wildman–Crippen MR) is 80.3 cm³/mol. The highest BCUT2D eigenvalue weighted by Crippen LogP contribution is 2.51. The number of aromatic nitrogens is 2. The monoisotopic (exact) mass is 342 g/mol. The molecule has 1 heterocycles. The van der Waals surface area contributed by atoms with Crippen LogP contribution in [0, 0.1) is 17.8 Å². The van der Waals surface area contributed by atoms with Crippen molar-refractivity contribution in [3.8, 4) is 0 Å². The third-order valence-electron chi connectivity index (χ3n) is 5.07. The van der Waals surface area contributed by atoms with Gasteiger partial charge in [0.25, 0.3) is 0 Å². The standard InChI is InChI=1S/C15H23BrN2O2/c1-20-5-4-18-15(13(16)9-17-18)14(19)8-12-7-10-2-3-11(12)6-10/h9-12,14,19H,2-8H2,1H3. The summed E-state index contributed by atoms with van der Waals surface area (Å²) < 4.78 is 7.88. The minimum Gasteiger partial charge on any atom is -0.387 e. The van der Waals surface area contributed by atoms with Crippen LogP contribution in [-0.4, -0.2) is 28.6 Å². The van der Waals surface area contributed by atoms with Gasteiger partial charge in [0, 0.05) is 7.11 Å². The van der Waals surface area contributed by atoms with Gasteiger partial charge in [0.15, 0.2) is 0 Å². The van der Waals surface area contributed by atoms with E-state index in [4.69, 9.17) is 4.74 Å². The lowest BCUT2D eigenvalue weighted by molar-refractivity contribution is 0.112. The Bertz CT molecular complexity index is 463. The second-order valence-electron chi connectivity index (χ2n) is 6.28. The number of rotatable bonds is 6. The van der Waals surface area contributed by atoms with Crippen LogP contribution in [0.25, 0.3) is 0 Å². The molecule has 0 spiro atoms. The molecular weight excluding hydrogens is 320 g/mol. The van der Waals surface area contributed by atoms with Gasteiger partial charge >= 0.3 is 0 Å². The van der Waals surface area contributed by atoms with Gasteiger partial charge in [-0.25, -0.2) is 0 Å². The molecule has 5 heteroatoms. The number of nitrogens with zero attached hydrogens (tertiary/aromatic N) is 2. The summed E-state index contributed by atoms with van der Waals surface area (Å²) >= 11 is 3.52. The second kappa shape index (κ2) is 6.16. The summed E-state index contributed by atoms with van der Waals surface area (Å²) in [5.74, 6) is 2.48. The Balaban J connectivity index is 1.67. The maximum absolute atomic E-state index is 10.6. The number of aliphatic hydroxyl groups is 1. The zero-order chi connectivity index (χ0) is 14.1. The highest BCUT2D eigenvalue weighted by Gasteiger charge is 2.40. The average molecular weight is 343 g/mol. The van der Waals surface area contributed by atoms with Crippen molar-refractivity contribution in [2.45, 2.75) is 44.8 Å². The molecule has 0 radical (unpaired) electrons. The lowest BCUT2D eigenvalue weighted by atomic mass is 9.84. The molecule has 2 fully saturated rings. The average Bonchev–Trinajstić information content (AvgIpc) is 3.11. The minimum absolute atomic E-state index is 0.423. The van der Waals surface area contributed by atoms with E-state index >= 15 is 0 Å². The lowest BCUT2D eigenvalue weighted by Crippen LogP contribution is -2.18. The fraction of sp³-hybridized carbons (Fsp3) is 0.800. The van der Waals surface area contributed by atoms with E-state index in [9.17, 15) is 5.11 Å². The maximum atomic E-state index is 10.6. The Morgan fingerprint density at radius 1 is 1.50 bits per heavy atom. The molecule has 4 atom stereocenters. The molecule has 0 saturated heterocycles. The van der Waals surface area contributed by atoms with Crippen molar-refractivity contribution in [1.29, 1.82) is 0 Å². The fourth-order valence-electron chi connectivity index (χ4n) is 4.12. The molecule has 2 aliphatic carbocycles. The summed E-state index contributed by atoms with van der Waals surface area (Å²) in [6.07, 6.45) is 7.70. The van der Waals surface area contributed by atoms with Crippen LogP contribution in [0.2, 0.25) is 0 Å². The van der Waals surface area contributed by atoms with Gasteiger partial charge in [-0.3, -0.25) is 4.68 Å². The Hall–Kier alpha value is -0.390. The molecule has 2 saturated carbocycles. The van der Waals surface area contributed by atoms with Gasteiger partial charge in [0.1, 0.15) is 0 Å². The molecule has 0 aromatic carbocycles. The van der Waals surface area contributed by atoms with Gasteiger partial charge in [0.05, 0.1) is 35.6 Å². The minimum atomic E-state index is -0.423. The van der Waals surface area contributed by atoms with Gasteiger partial charge < -0.3 is 9.84 Å². The SMILES string of the molecule is COCCn1ncc(Br)c1C(O)CC1CC2CCC1C2. The number of hydrogen-bond acceptors (Lipinski definition) is 3. The summed E-state index contributed by atoms with van der Waals surface area (Å²) in [7, 11) is 1.68. The van der Waals surface area contributed by atoms with Gasteiger partial charge in [-0.2, -0.15) is 5.10 Å². The number of ether oxygens (including phenoxy) is 1. The third kappa shape index (κ3) is 2.81. The topological polar surface area (TPSA) is 47.3 Å². The summed E-state index contributed by atoms with van der Waals surface area (Å²) in [5.41, 5.74) is 0.907. The Morgan fingerprint density at radius 2 is 2.35 bits per heavy atom. The molecule has 4 unspecified atom stereocenters. The molecule has 3 rings (SSSR count). The molecule has 4 nitrogen and oxygen atoms in total. The number of fused-ring (bicyclic) bond motifs is 2. The van der Waals surface area contributed by atoms with Crippen LogP contribution in [0.4, 0.5) is 0 Å². The lowest BCUT2D eigenvalue weighted by Gasteiger charge is -2.24. The van der Waals surface area contributed by atoms with E-state index in [0.29, 0.717) is 19.1 Å². The van der Waals surface area contributed by atoms with Crippen LogP contribution in [0.15, 0.2) is 10.7 Å². The van der Waals surface area contributed by atoms with E-state index in [0.717, 1.165) is 28.4 Å². The van der Waals surface area contributed by atoms with Gasteiger partial charge in [-0.05, 0) is 59.4 Å². The van der Waals surface area contributed by atoms with Gasteiger partial charge in [-0.1, -0.05) is 6.42 Å². The first-order valence-electron chi connectivity index (χ1n) is 7.57. The number of halogens is 1. The quantitative estimate of drug-likeness (QED) is 0.863. The number of hydrogen-bond donors (Lipinski definition) is 1. The summed E-state index contributed by atoms with van der Waals surface area (Å²) in [4.78, 5) is 0. The normalized spacial score (nSPS) is 30.1. The molecule has 1 aromatic heterocycles. The highest BCUT2D eigenvalue weighted by molar-refractivity contribution is 9.10. The zero-order valence-electron chi connectivity index (χ0n) is 12.0. The Morgan fingerprint density at radius 3 is 3.00 bits per heavy atom. The summed E-state index contributed by atoms with van der Waals surface area (Å²) in [5, 5.41) is 15.0. The number of aliphatic hydroxyl groups excluding tert-OH is 1. The molecule has 2 aliphatic rings. The van der Waals surface area contributed by atoms with Crippen molar-refractivity contribution in [3.63, 3.8) is 0 Å². The Kier molecular flexibility index (Phi) is 4.48. The van der Waals surface area contributed by atoms with Crippen molar-refractivity contribution in [1.82, 2.24) is 9.78 Å². The molecule has 1 N–H and O–H groups in total. The van der Waals surface area contributed by atoms with Crippen molar-refractivity contribution < 1.29 is 9.84 Å². The van der Waals surface area contributed by atoms with E-state index in [1.54, 1.807) is 13.3 Å². The second-order valence-corrected chi connectivity index (χ2v) is 7.13. The van der Waals surface area contributed by atoms with Gasteiger partial charge in [0.2, 0.25) is 0 Å². The zero-order valence-corrected chi connectivity index (χ0v) is 13.6. The van der Waals surface area contributed by atoms with E-state index in [1.807, 2.05) is 4.68 Å². The van der Waals surface area contributed by atoms with Crippen molar-refractivity contribution in [3.05, 3.63) is 16.4 Å². The third-order valence-corrected chi connectivity index (χ3v) is 5.68. The molecule has 112 valence electrons. The van der Waals surface area contributed by atoms with E-state index < -0.39 is 6.10 Å². The number of methoxy groups -OCH3 is 1. The van der Waals surface area contributed by atoms with E-state index in [2.05, 4.69) is 21.0 Å². The molecule has 2 bridgehead atoms. The van der Waals surface area contributed by atoms with Crippen LogP contribution in [0.3, 0.4) is 0 Å². The van der Waals surface area contributed by atoms with Crippen molar-refractivity contribution in [2.24, 2.45) is 17.8 Å². The highest BCUT2D eigenvalue weighted by atomic mass is 79.9. The first-order valence-corrected chi connectivity index (χ1v) is 8.36. The van der Waals surface area contributed by atoms with Crippen LogP contribution < -0.4 is 0 Å². The predicted octanol–water partition coefficient (Wildman–Crippen LogP) is 3.15. The van der Waals surface area contributed by atoms with Crippen molar-refractivity contribution >= 4 is 15.9 Å². The van der Waals surface area contributed by atoms with Gasteiger partial charge in [-0.15, -0.1) is 0 Å². The van der Waals surface area contributed by atoms with E-state index in [1.165, 1.54) is 25.7 Å². The first-order chi connectivity index (χ1) is 9.69. The smallest absolute Gasteiger partial charge is 0.0970 e. The summed E-state index contributed by atoms with van der Waals surface area (Å²) in [6.45, 7) is 1.30. The maximum Gasteiger partial charge on any atom is 0.0970 e. The molecule has 1 aromatic rings. The van der Waals surface area contributed by atoms with E-state index in [-0.39, 0.29) is 0 Å². The van der Waals surface area contributed by atoms with Crippen molar-refractivity contribution in [2.75, 3.05) is 13.7 Å². The largest absolute Gasteiger partial charge is 0.387 e. The molecule has 20 heavy (non-hydrogen) atoms. The molecule has 0 aliphatic heterocycles. The fourth-order valence-corrected chi connectivity index (χ4v) is 4.68. The summed E-state index contributed by atoms with van der Waals surface area (Å²) in [6, 6.07) is 0. The molecular formula is C15H23BrN2O2. The van der Waals surface area contributed by atoms with Crippen LogP contribution in [-0.2, 0) is 11.3 Å². The molecule has 0 amide bonds. The first kappa shape index (κ1) is 14.5. The van der Waals surface area contributed by atoms with Crippen LogP contribution in [0.1, 0.15) is 43.9 Å².